The smallest absolute Gasteiger partial charge is 0.243 e. The minimum Gasteiger partial charge on any atom is -0.352 e. The van der Waals surface area contributed by atoms with Crippen molar-refractivity contribution in [2.45, 2.75) is 18.7 Å². The van der Waals surface area contributed by atoms with Crippen LogP contribution in [-0.2, 0) is 10.0 Å². The summed E-state index contributed by atoms with van der Waals surface area (Å²) in [5, 5.41) is 11.7. The molecule has 0 radical (unpaired) electrons. The molecule has 1 fully saturated rings. The Kier molecular flexibility index (Phi) is 5.65. The molecule has 1 N–H and O–H groups in total. The van der Waals surface area contributed by atoms with E-state index in [4.69, 9.17) is 0 Å². The molecule has 0 saturated carbocycles. The number of aromatic nitrogens is 3. The van der Waals surface area contributed by atoms with Gasteiger partial charge in [0.15, 0.2) is 11.6 Å². The summed E-state index contributed by atoms with van der Waals surface area (Å²) in [6.07, 6.45) is 0. The number of anilines is 3. The first-order valence-electron chi connectivity index (χ1n) is 9.78. The molecule has 3 heterocycles. The van der Waals surface area contributed by atoms with Crippen LogP contribution in [0.25, 0.3) is 0 Å². The van der Waals surface area contributed by atoms with E-state index >= 15 is 0 Å². The van der Waals surface area contributed by atoms with E-state index < -0.39 is 10.0 Å². The maximum absolute atomic E-state index is 12.9. The molecule has 0 spiro atoms. The second-order valence-corrected chi connectivity index (χ2v) is 9.21. The Morgan fingerprint density at radius 1 is 0.867 bits per heavy atom. The van der Waals surface area contributed by atoms with Crippen LogP contribution in [0.2, 0.25) is 0 Å². The Bertz CT molecular complexity index is 1130. The van der Waals surface area contributed by atoms with Crippen molar-refractivity contribution in [2.24, 2.45) is 0 Å². The minimum atomic E-state index is -3.48. The highest BCUT2D eigenvalue weighted by Gasteiger charge is 2.29. The van der Waals surface area contributed by atoms with E-state index in [0.29, 0.717) is 42.7 Å². The van der Waals surface area contributed by atoms with Gasteiger partial charge in [-0.25, -0.2) is 13.4 Å². The van der Waals surface area contributed by atoms with E-state index in [9.17, 15) is 8.42 Å². The first-order chi connectivity index (χ1) is 14.4. The normalized spacial score (nSPS) is 15.2. The lowest BCUT2D eigenvalue weighted by Gasteiger charge is -2.34. The summed E-state index contributed by atoms with van der Waals surface area (Å²) >= 11 is 0. The molecule has 1 aromatic carbocycles. The van der Waals surface area contributed by atoms with Gasteiger partial charge in [-0.1, -0.05) is 18.2 Å². The van der Waals surface area contributed by atoms with Crippen molar-refractivity contribution in [1.29, 1.82) is 0 Å². The number of hydrogen-bond donors (Lipinski definition) is 1. The van der Waals surface area contributed by atoms with Crippen LogP contribution in [0.4, 0.5) is 17.5 Å². The zero-order valence-electron chi connectivity index (χ0n) is 17.0. The van der Waals surface area contributed by atoms with E-state index in [2.05, 4.69) is 20.5 Å². The van der Waals surface area contributed by atoms with Crippen molar-refractivity contribution in [2.75, 3.05) is 36.4 Å². The molecular formula is C21H24N6O2S. The molecule has 1 aliphatic rings. The van der Waals surface area contributed by atoms with Crippen LogP contribution in [-0.4, -0.2) is 54.1 Å². The molecule has 1 aliphatic heterocycles. The van der Waals surface area contributed by atoms with Gasteiger partial charge in [0.25, 0.3) is 0 Å². The molecule has 1 saturated heterocycles. The summed E-state index contributed by atoms with van der Waals surface area (Å²) in [6, 6.07) is 16.5. The third kappa shape index (κ3) is 4.42. The van der Waals surface area contributed by atoms with Crippen molar-refractivity contribution in [3.05, 3.63) is 65.9 Å². The van der Waals surface area contributed by atoms with E-state index in [1.807, 2.05) is 55.1 Å². The fourth-order valence-electron chi connectivity index (χ4n) is 3.39. The fourth-order valence-corrected chi connectivity index (χ4v) is 4.91. The molecule has 9 heteroatoms. The second-order valence-electron chi connectivity index (χ2n) is 7.27. The molecule has 4 rings (SSSR count). The van der Waals surface area contributed by atoms with Gasteiger partial charge in [0, 0.05) is 31.9 Å². The molecule has 0 amide bonds. The number of sulfonamides is 1. The quantitative estimate of drug-likeness (QED) is 0.673. The molecule has 0 bridgehead atoms. The maximum atomic E-state index is 12.9. The predicted octanol–water partition coefficient (Wildman–Crippen LogP) is 2.74. The number of pyridine rings is 1. The van der Waals surface area contributed by atoms with Gasteiger partial charge in [-0.05, 0) is 55.8 Å². The molecule has 30 heavy (non-hydrogen) atoms. The lowest BCUT2D eigenvalue weighted by atomic mass is 10.2. The predicted molar refractivity (Wildman–Crippen MR) is 116 cm³/mol. The van der Waals surface area contributed by atoms with Crippen LogP contribution in [0.1, 0.15) is 11.3 Å². The number of hydrogen-bond acceptors (Lipinski definition) is 7. The van der Waals surface area contributed by atoms with Crippen molar-refractivity contribution in [3.8, 4) is 0 Å². The number of rotatable bonds is 5. The van der Waals surface area contributed by atoms with Gasteiger partial charge in [0.05, 0.1) is 4.90 Å². The van der Waals surface area contributed by atoms with Gasteiger partial charge >= 0.3 is 0 Å². The Morgan fingerprint density at radius 2 is 1.63 bits per heavy atom. The summed E-state index contributed by atoms with van der Waals surface area (Å²) in [4.78, 5) is 6.78. The third-order valence-corrected chi connectivity index (χ3v) is 6.88. The van der Waals surface area contributed by atoms with Gasteiger partial charge in [-0.3, -0.25) is 0 Å². The fraction of sp³-hybridized carbons (Fsp3) is 0.286. The zero-order chi connectivity index (χ0) is 21.1. The number of nitrogens with zero attached hydrogens (tertiary/aromatic N) is 5. The Balaban J connectivity index is 1.39. The average molecular weight is 425 g/mol. The number of aryl methyl sites for hydroxylation is 2. The monoisotopic (exact) mass is 424 g/mol. The molecular weight excluding hydrogens is 400 g/mol. The molecule has 0 atom stereocenters. The first-order valence-corrected chi connectivity index (χ1v) is 11.2. The Hall–Kier alpha value is -3.04. The van der Waals surface area contributed by atoms with Gasteiger partial charge < -0.3 is 10.2 Å². The highest BCUT2D eigenvalue weighted by Crippen LogP contribution is 2.21. The average Bonchev–Trinajstić information content (AvgIpc) is 2.74. The van der Waals surface area contributed by atoms with E-state index in [1.54, 1.807) is 18.2 Å². The van der Waals surface area contributed by atoms with Crippen LogP contribution >= 0.6 is 0 Å². The molecule has 0 aliphatic carbocycles. The first kappa shape index (κ1) is 20.2. The summed E-state index contributed by atoms with van der Waals surface area (Å²) in [5.74, 6) is 2.05. The number of nitrogens with one attached hydrogen (secondary N) is 1. The molecule has 156 valence electrons. The van der Waals surface area contributed by atoms with Gasteiger partial charge in [0.2, 0.25) is 10.0 Å². The van der Waals surface area contributed by atoms with Crippen LogP contribution in [0.3, 0.4) is 0 Å². The zero-order valence-corrected chi connectivity index (χ0v) is 17.8. The summed E-state index contributed by atoms with van der Waals surface area (Å²) in [6.45, 7) is 5.76. The van der Waals surface area contributed by atoms with Crippen molar-refractivity contribution >= 4 is 27.5 Å². The number of benzene rings is 1. The van der Waals surface area contributed by atoms with Crippen LogP contribution < -0.4 is 10.2 Å². The van der Waals surface area contributed by atoms with Crippen LogP contribution in [0.5, 0.6) is 0 Å². The minimum absolute atomic E-state index is 0.343. The van der Waals surface area contributed by atoms with Crippen molar-refractivity contribution in [1.82, 2.24) is 19.5 Å². The molecule has 0 unspecified atom stereocenters. The Labute approximate surface area is 176 Å². The van der Waals surface area contributed by atoms with Gasteiger partial charge in [-0.15, -0.1) is 10.2 Å². The Morgan fingerprint density at radius 3 is 2.30 bits per heavy atom. The van der Waals surface area contributed by atoms with E-state index in [0.717, 1.165) is 17.1 Å². The van der Waals surface area contributed by atoms with E-state index in [-0.39, 0.29) is 0 Å². The molecule has 2 aromatic heterocycles. The van der Waals surface area contributed by atoms with Crippen LogP contribution in [0, 0.1) is 13.8 Å². The van der Waals surface area contributed by atoms with Crippen molar-refractivity contribution < 1.29 is 8.42 Å². The standard InChI is InChI=1S/C21H24N6O2S/c1-16-5-3-7-18(15-16)30(28,29)27-13-11-26(12-14-27)21-10-9-20(24-25-21)23-19-8-4-6-17(2)22-19/h3-10,15H,11-14H2,1-2H3,(H,22,23,24). The maximum Gasteiger partial charge on any atom is 0.243 e. The second kappa shape index (κ2) is 8.37. The SMILES string of the molecule is Cc1cccc(S(=O)(=O)N2CCN(c3ccc(Nc4cccc(C)n4)nn3)CC2)c1. The summed E-state index contributed by atoms with van der Waals surface area (Å²) in [5.41, 5.74) is 1.85. The largest absolute Gasteiger partial charge is 0.352 e. The highest BCUT2D eigenvalue weighted by molar-refractivity contribution is 7.89. The molecule has 8 nitrogen and oxygen atoms in total. The van der Waals surface area contributed by atoms with Gasteiger partial charge in [-0.2, -0.15) is 4.31 Å². The lowest BCUT2D eigenvalue weighted by Crippen LogP contribution is -2.49. The summed E-state index contributed by atoms with van der Waals surface area (Å²) in [7, 11) is -3.48. The third-order valence-electron chi connectivity index (χ3n) is 4.98. The molecule has 3 aromatic rings. The number of piperazine rings is 1. The lowest BCUT2D eigenvalue weighted by molar-refractivity contribution is 0.383. The highest BCUT2D eigenvalue weighted by atomic mass is 32.2. The van der Waals surface area contributed by atoms with E-state index in [1.165, 1.54) is 4.31 Å². The summed E-state index contributed by atoms with van der Waals surface area (Å²) < 4.78 is 27.3. The van der Waals surface area contributed by atoms with Crippen LogP contribution in [0.15, 0.2) is 59.5 Å². The van der Waals surface area contributed by atoms with Gasteiger partial charge in [0.1, 0.15) is 5.82 Å². The van der Waals surface area contributed by atoms with Crippen molar-refractivity contribution in [3.63, 3.8) is 0 Å². The topological polar surface area (TPSA) is 91.3 Å².